The van der Waals surface area contributed by atoms with E-state index in [1.54, 1.807) is 0 Å². The van der Waals surface area contributed by atoms with Crippen LogP contribution in [0.2, 0.25) is 0 Å². The van der Waals surface area contributed by atoms with Crippen LogP contribution >= 0.6 is 0 Å². The van der Waals surface area contributed by atoms with E-state index in [1.807, 2.05) is 0 Å². The Bertz CT molecular complexity index is 500. The Kier molecular flexibility index (Phi) is 6.22. The predicted octanol–water partition coefficient (Wildman–Crippen LogP) is 5.98. The molecule has 0 bridgehead atoms. The standard InChI is InChI=1S/C20H32O.C4H11N/c1-13-8-10-19(2)14(12-13)4-5-15-16-6-7-18(21)20(16,3)11-9-17(15)19;1-2-3-4-5/h13-17H,4-12H2,1-3H3;2-5H2,1H3/t13-,14?,15?,16?,17?,19-,20-;/m0./s1. The minimum absolute atomic E-state index is 0.0618. The zero-order valence-corrected chi connectivity index (χ0v) is 17.9. The first-order chi connectivity index (χ1) is 12.4. The summed E-state index contributed by atoms with van der Waals surface area (Å²) >= 11 is 0. The van der Waals surface area contributed by atoms with Crippen LogP contribution in [0, 0.1) is 40.4 Å². The first kappa shape index (κ1) is 20.4. The minimum atomic E-state index is 0.0618. The molecule has 0 aromatic heterocycles. The van der Waals surface area contributed by atoms with Gasteiger partial charge in [0, 0.05) is 11.8 Å². The Morgan fingerprint density at radius 1 is 1.04 bits per heavy atom. The van der Waals surface area contributed by atoms with Crippen LogP contribution < -0.4 is 5.73 Å². The highest BCUT2D eigenvalue weighted by Crippen LogP contribution is 2.65. The van der Waals surface area contributed by atoms with Crippen LogP contribution in [0.4, 0.5) is 0 Å². The van der Waals surface area contributed by atoms with E-state index in [4.69, 9.17) is 5.73 Å². The number of carbonyl (C=O) groups is 1. The second-order valence-corrected chi connectivity index (χ2v) is 10.6. The monoisotopic (exact) mass is 361 g/mol. The average Bonchev–Trinajstić information content (AvgIpc) is 2.92. The first-order valence-electron chi connectivity index (χ1n) is 11.6. The van der Waals surface area contributed by atoms with E-state index in [1.165, 1.54) is 64.2 Å². The van der Waals surface area contributed by atoms with Gasteiger partial charge in [0.15, 0.2) is 0 Å². The van der Waals surface area contributed by atoms with Crippen LogP contribution in [0.1, 0.15) is 98.3 Å². The van der Waals surface area contributed by atoms with Gasteiger partial charge in [-0.15, -0.1) is 0 Å². The second kappa shape index (κ2) is 7.94. The molecule has 0 aliphatic heterocycles. The maximum atomic E-state index is 12.4. The van der Waals surface area contributed by atoms with Gasteiger partial charge in [-0.05, 0) is 92.9 Å². The fourth-order valence-corrected chi connectivity index (χ4v) is 7.45. The van der Waals surface area contributed by atoms with Gasteiger partial charge in [-0.1, -0.05) is 40.5 Å². The van der Waals surface area contributed by atoms with Gasteiger partial charge in [-0.2, -0.15) is 0 Å². The molecule has 4 fully saturated rings. The summed E-state index contributed by atoms with van der Waals surface area (Å²) < 4.78 is 0. The van der Waals surface area contributed by atoms with Crippen molar-refractivity contribution in [1.82, 2.24) is 0 Å². The summed E-state index contributed by atoms with van der Waals surface area (Å²) in [5.74, 6) is 5.03. The highest BCUT2D eigenvalue weighted by atomic mass is 16.1. The van der Waals surface area contributed by atoms with E-state index < -0.39 is 0 Å². The third-order valence-corrected chi connectivity index (χ3v) is 9.19. The normalized spacial score (nSPS) is 47.3. The molecule has 0 amide bonds. The van der Waals surface area contributed by atoms with Crippen LogP contribution in [0.3, 0.4) is 0 Å². The van der Waals surface area contributed by atoms with E-state index in [0.29, 0.717) is 11.2 Å². The van der Waals surface area contributed by atoms with Crippen LogP contribution in [0.5, 0.6) is 0 Å². The molecule has 2 heteroatoms. The maximum absolute atomic E-state index is 12.4. The van der Waals surface area contributed by atoms with E-state index in [0.717, 1.165) is 42.6 Å². The minimum Gasteiger partial charge on any atom is -0.330 e. The van der Waals surface area contributed by atoms with Crippen molar-refractivity contribution in [1.29, 1.82) is 0 Å². The molecule has 150 valence electrons. The van der Waals surface area contributed by atoms with E-state index in [-0.39, 0.29) is 5.41 Å². The predicted molar refractivity (Wildman–Crippen MR) is 110 cm³/mol. The quantitative estimate of drug-likeness (QED) is 0.657. The number of ketones is 1. The van der Waals surface area contributed by atoms with Gasteiger partial charge in [0.25, 0.3) is 0 Å². The Morgan fingerprint density at radius 3 is 2.46 bits per heavy atom. The molecule has 0 saturated heterocycles. The van der Waals surface area contributed by atoms with Crippen molar-refractivity contribution in [3.63, 3.8) is 0 Å². The molecule has 0 aromatic carbocycles. The summed E-state index contributed by atoms with van der Waals surface area (Å²) in [4.78, 5) is 12.4. The summed E-state index contributed by atoms with van der Waals surface area (Å²) in [7, 11) is 0. The lowest BCUT2D eigenvalue weighted by Gasteiger charge is -2.60. The molecule has 4 aliphatic carbocycles. The van der Waals surface area contributed by atoms with Gasteiger partial charge in [-0.3, -0.25) is 4.79 Å². The molecule has 2 N–H and O–H groups in total. The van der Waals surface area contributed by atoms with Crippen molar-refractivity contribution in [3.8, 4) is 0 Å². The van der Waals surface area contributed by atoms with E-state index >= 15 is 0 Å². The molecule has 0 radical (unpaired) electrons. The highest BCUT2D eigenvalue weighted by molar-refractivity contribution is 5.87. The fraction of sp³-hybridized carbons (Fsp3) is 0.958. The zero-order chi connectivity index (χ0) is 18.9. The zero-order valence-electron chi connectivity index (χ0n) is 17.9. The number of fused-ring (bicyclic) bond motifs is 5. The molecular formula is C24H43NO. The topological polar surface area (TPSA) is 43.1 Å². The molecule has 0 aromatic rings. The van der Waals surface area contributed by atoms with Gasteiger partial charge >= 0.3 is 0 Å². The van der Waals surface area contributed by atoms with Crippen LogP contribution in [0.15, 0.2) is 0 Å². The van der Waals surface area contributed by atoms with Crippen molar-refractivity contribution < 1.29 is 4.79 Å². The van der Waals surface area contributed by atoms with Crippen LogP contribution in [-0.2, 0) is 4.79 Å². The third kappa shape index (κ3) is 3.40. The Hall–Kier alpha value is -0.370. The van der Waals surface area contributed by atoms with Crippen LogP contribution in [-0.4, -0.2) is 12.3 Å². The van der Waals surface area contributed by atoms with Crippen molar-refractivity contribution in [2.45, 2.75) is 98.3 Å². The number of rotatable bonds is 2. The maximum Gasteiger partial charge on any atom is 0.139 e. The van der Waals surface area contributed by atoms with Gasteiger partial charge in [0.1, 0.15) is 5.78 Å². The molecule has 4 aliphatic rings. The Balaban J connectivity index is 0.000000349. The van der Waals surface area contributed by atoms with Crippen molar-refractivity contribution in [2.75, 3.05) is 6.54 Å². The Labute approximate surface area is 162 Å². The second-order valence-electron chi connectivity index (χ2n) is 10.6. The molecule has 4 unspecified atom stereocenters. The summed E-state index contributed by atoms with van der Waals surface area (Å²) in [6.45, 7) is 10.4. The fourth-order valence-electron chi connectivity index (χ4n) is 7.45. The van der Waals surface area contributed by atoms with Gasteiger partial charge < -0.3 is 5.73 Å². The molecule has 7 atom stereocenters. The molecule has 26 heavy (non-hydrogen) atoms. The molecule has 2 nitrogen and oxygen atoms in total. The summed E-state index contributed by atoms with van der Waals surface area (Å²) in [6.07, 6.45) is 14.2. The SMILES string of the molecule is CCCCN.C[C@H]1CC[C@@]2(C)C(CCC3C2CC[C@]2(C)C(=O)CCC32)C1. The number of nitrogens with two attached hydrogens (primary N) is 1. The third-order valence-electron chi connectivity index (χ3n) is 9.19. The summed E-state index contributed by atoms with van der Waals surface area (Å²) in [6, 6.07) is 0. The van der Waals surface area contributed by atoms with Gasteiger partial charge in [0.2, 0.25) is 0 Å². The molecule has 4 saturated carbocycles. The smallest absolute Gasteiger partial charge is 0.139 e. The molecular weight excluding hydrogens is 318 g/mol. The summed E-state index contributed by atoms with van der Waals surface area (Å²) in [5, 5.41) is 0. The van der Waals surface area contributed by atoms with Crippen molar-refractivity contribution >= 4 is 5.78 Å². The lowest BCUT2D eigenvalue weighted by atomic mass is 9.45. The van der Waals surface area contributed by atoms with Crippen LogP contribution in [0.25, 0.3) is 0 Å². The van der Waals surface area contributed by atoms with E-state index in [9.17, 15) is 4.79 Å². The number of unbranched alkanes of at least 4 members (excludes halogenated alkanes) is 1. The van der Waals surface area contributed by atoms with E-state index in [2.05, 4.69) is 27.7 Å². The Morgan fingerprint density at radius 2 is 1.81 bits per heavy atom. The number of hydrogen-bond donors (Lipinski definition) is 1. The summed E-state index contributed by atoms with van der Waals surface area (Å²) in [5.41, 5.74) is 5.80. The van der Waals surface area contributed by atoms with Crippen molar-refractivity contribution in [3.05, 3.63) is 0 Å². The molecule has 0 heterocycles. The number of carbonyl (C=O) groups excluding carboxylic acids is 1. The van der Waals surface area contributed by atoms with Gasteiger partial charge in [0.05, 0.1) is 0 Å². The highest BCUT2D eigenvalue weighted by Gasteiger charge is 2.59. The molecule has 0 spiro atoms. The number of Topliss-reactive ketones (excluding diaryl/α,β-unsaturated/α-hetero) is 1. The lowest BCUT2D eigenvalue weighted by Crippen LogP contribution is -2.53. The number of hydrogen-bond acceptors (Lipinski definition) is 2. The largest absolute Gasteiger partial charge is 0.330 e. The average molecular weight is 362 g/mol. The van der Waals surface area contributed by atoms with Crippen molar-refractivity contribution in [2.24, 2.45) is 46.2 Å². The first-order valence-corrected chi connectivity index (χ1v) is 11.6. The lowest BCUT2D eigenvalue weighted by molar-refractivity contribution is -0.139. The molecule has 4 rings (SSSR count). The van der Waals surface area contributed by atoms with Gasteiger partial charge in [-0.25, -0.2) is 0 Å².